The average molecular weight is 338 g/mol. The highest BCUT2D eigenvalue weighted by Gasteiger charge is 2.15. The molecule has 2 rings (SSSR count). The van der Waals surface area contributed by atoms with Gasteiger partial charge in [-0.3, -0.25) is 9.78 Å². The van der Waals surface area contributed by atoms with Crippen molar-refractivity contribution in [2.45, 2.75) is 27.7 Å². The summed E-state index contributed by atoms with van der Waals surface area (Å²) in [6.07, 6.45) is 1.39. The van der Waals surface area contributed by atoms with Gasteiger partial charge in [-0.2, -0.15) is 0 Å². The highest BCUT2D eigenvalue weighted by molar-refractivity contribution is 6.16. The van der Waals surface area contributed by atoms with E-state index in [2.05, 4.69) is 10.3 Å². The zero-order valence-electron chi connectivity index (χ0n) is 14.9. The Kier molecular flexibility index (Phi) is 6.06. The Bertz CT molecular complexity index is 805. The number of aryl methyl sites for hydroxylation is 2. The van der Waals surface area contributed by atoms with E-state index in [1.807, 2.05) is 50.2 Å². The summed E-state index contributed by atoms with van der Waals surface area (Å²) >= 11 is 0. The van der Waals surface area contributed by atoms with Crippen LogP contribution in [0.1, 0.15) is 25.2 Å². The van der Waals surface area contributed by atoms with Crippen LogP contribution in [0.15, 0.2) is 48.2 Å². The van der Waals surface area contributed by atoms with Crippen LogP contribution in [0.4, 0.5) is 5.69 Å². The number of pyridine rings is 1. The van der Waals surface area contributed by atoms with Crippen molar-refractivity contribution in [3.63, 3.8) is 0 Å². The summed E-state index contributed by atoms with van der Waals surface area (Å²) in [6, 6.07) is 11.8. The van der Waals surface area contributed by atoms with E-state index in [-0.39, 0.29) is 18.0 Å². The number of nitrogens with zero attached hydrogens (tertiary/aromatic N) is 1. The number of Topliss-reactive ketones (excluding diaryl/α,β-unsaturated/α-hetero) is 1. The molecule has 0 spiro atoms. The van der Waals surface area contributed by atoms with Crippen molar-refractivity contribution in [1.82, 2.24) is 4.98 Å². The van der Waals surface area contributed by atoms with Gasteiger partial charge in [0.05, 0.1) is 6.61 Å². The predicted octanol–water partition coefficient (Wildman–Crippen LogP) is 3.81. The summed E-state index contributed by atoms with van der Waals surface area (Å²) in [7, 11) is 0. The zero-order chi connectivity index (χ0) is 18.4. The molecule has 0 atom stereocenters. The molecule has 0 radical (unpaired) electrons. The summed E-state index contributed by atoms with van der Waals surface area (Å²) in [5.74, 6) is -0.971. The second-order valence-electron chi connectivity index (χ2n) is 5.70. The summed E-state index contributed by atoms with van der Waals surface area (Å²) in [4.78, 5) is 27.8. The van der Waals surface area contributed by atoms with Crippen molar-refractivity contribution >= 4 is 17.4 Å². The van der Waals surface area contributed by atoms with Gasteiger partial charge in [-0.15, -0.1) is 0 Å². The number of aromatic nitrogens is 1. The van der Waals surface area contributed by atoms with Gasteiger partial charge < -0.3 is 10.1 Å². The molecular weight excluding hydrogens is 316 g/mol. The van der Waals surface area contributed by atoms with Crippen molar-refractivity contribution < 1.29 is 14.3 Å². The fourth-order valence-electron chi connectivity index (χ4n) is 2.46. The Labute approximate surface area is 147 Å². The lowest BCUT2D eigenvalue weighted by atomic mass is 10.0. The summed E-state index contributed by atoms with van der Waals surface area (Å²) in [5, 5.41) is 3.01. The van der Waals surface area contributed by atoms with E-state index < -0.39 is 5.97 Å². The number of esters is 1. The first kappa shape index (κ1) is 18.4. The van der Waals surface area contributed by atoms with E-state index in [1.54, 1.807) is 6.92 Å². The molecular formula is C20H22N2O3. The number of nitrogens with one attached hydrogen (secondary N) is 1. The molecule has 5 heteroatoms. The van der Waals surface area contributed by atoms with Gasteiger partial charge in [-0.25, -0.2) is 4.79 Å². The number of hydrogen-bond acceptors (Lipinski definition) is 5. The summed E-state index contributed by atoms with van der Waals surface area (Å²) in [6.45, 7) is 7.17. The van der Waals surface area contributed by atoms with Crippen LogP contribution in [0, 0.1) is 13.8 Å². The van der Waals surface area contributed by atoms with Crippen molar-refractivity contribution in [3.8, 4) is 11.1 Å². The van der Waals surface area contributed by atoms with Gasteiger partial charge in [0.1, 0.15) is 5.57 Å². The lowest BCUT2D eigenvalue weighted by molar-refractivity contribution is -0.139. The molecule has 0 saturated carbocycles. The van der Waals surface area contributed by atoms with Gasteiger partial charge in [-0.05, 0) is 63.1 Å². The quantitative estimate of drug-likeness (QED) is 0.375. The van der Waals surface area contributed by atoms with Crippen LogP contribution in [-0.4, -0.2) is 23.3 Å². The molecule has 1 aromatic heterocycles. The average Bonchev–Trinajstić information content (AvgIpc) is 2.54. The minimum absolute atomic E-state index is 0.0112. The smallest absolute Gasteiger partial charge is 0.343 e. The second-order valence-corrected chi connectivity index (χ2v) is 5.70. The molecule has 1 N–H and O–H groups in total. The molecule has 25 heavy (non-hydrogen) atoms. The molecule has 1 aromatic carbocycles. The van der Waals surface area contributed by atoms with Crippen LogP contribution in [0.3, 0.4) is 0 Å². The minimum Gasteiger partial charge on any atom is -0.462 e. The fraction of sp³-hybridized carbons (Fsp3) is 0.250. The van der Waals surface area contributed by atoms with E-state index in [0.717, 1.165) is 28.2 Å². The van der Waals surface area contributed by atoms with E-state index in [9.17, 15) is 9.59 Å². The topological polar surface area (TPSA) is 68.3 Å². The largest absolute Gasteiger partial charge is 0.462 e. The summed E-state index contributed by atoms with van der Waals surface area (Å²) in [5.41, 5.74) is 4.75. The van der Waals surface area contributed by atoms with Crippen LogP contribution in [0.5, 0.6) is 0 Å². The molecule has 0 aliphatic carbocycles. The maximum Gasteiger partial charge on any atom is 0.343 e. The second kappa shape index (κ2) is 8.24. The number of benzene rings is 1. The molecule has 0 amide bonds. The Morgan fingerprint density at radius 2 is 1.80 bits per heavy atom. The van der Waals surface area contributed by atoms with Crippen LogP contribution in [0.25, 0.3) is 11.1 Å². The van der Waals surface area contributed by atoms with Crippen LogP contribution in [-0.2, 0) is 14.3 Å². The normalized spacial score (nSPS) is 11.1. The van der Waals surface area contributed by atoms with Gasteiger partial charge in [0.15, 0.2) is 5.78 Å². The minimum atomic E-state index is -0.626. The van der Waals surface area contributed by atoms with Gasteiger partial charge in [0.2, 0.25) is 0 Å². The molecule has 130 valence electrons. The molecule has 0 saturated heterocycles. The first-order valence-corrected chi connectivity index (χ1v) is 8.11. The molecule has 0 aliphatic heterocycles. The van der Waals surface area contributed by atoms with Gasteiger partial charge in [-0.1, -0.05) is 12.1 Å². The van der Waals surface area contributed by atoms with Crippen molar-refractivity contribution in [1.29, 1.82) is 0 Å². The number of ketones is 1. The van der Waals surface area contributed by atoms with Crippen molar-refractivity contribution in [2.75, 3.05) is 11.9 Å². The fourth-order valence-corrected chi connectivity index (χ4v) is 2.46. The lowest BCUT2D eigenvalue weighted by Gasteiger charge is -2.09. The van der Waals surface area contributed by atoms with E-state index >= 15 is 0 Å². The van der Waals surface area contributed by atoms with Gasteiger partial charge in [0.25, 0.3) is 0 Å². The number of ether oxygens (including phenoxy) is 1. The number of carbonyl (C=O) groups excluding carboxylic acids is 2. The number of rotatable bonds is 6. The Morgan fingerprint density at radius 1 is 1.12 bits per heavy atom. The Morgan fingerprint density at radius 3 is 2.40 bits per heavy atom. The molecule has 0 fully saturated rings. The first-order chi connectivity index (χ1) is 11.9. The third-order valence-electron chi connectivity index (χ3n) is 3.54. The SMILES string of the molecule is CCOC(=O)/C(=C\Nc1cccc(-c2cc(C)nc(C)c2)c1)C(C)=O. The van der Waals surface area contributed by atoms with Crippen LogP contribution >= 0.6 is 0 Å². The molecule has 0 aliphatic rings. The number of anilines is 1. The highest BCUT2D eigenvalue weighted by Crippen LogP contribution is 2.24. The van der Waals surface area contributed by atoms with Gasteiger partial charge >= 0.3 is 5.97 Å². The molecule has 1 heterocycles. The Hall–Kier alpha value is -2.95. The molecule has 2 aromatic rings. The lowest BCUT2D eigenvalue weighted by Crippen LogP contribution is -2.15. The third kappa shape index (κ3) is 5.01. The van der Waals surface area contributed by atoms with E-state index in [1.165, 1.54) is 13.1 Å². The van der Waals surface area contributed by atoms with Crippen molar-refractivity contribution in [2.24, 2.45) is 0 Å². The van der Waals surface area contributed by atoms with E-state index in [4.69, 9.17) is 4.74 Å². The van der Waals surface area contributed by atoms with Crippen LogP contribution in [0.2, 0.25) is 0 Å². The first-order valence-electron chi connectivity index (χ1n) is 8.11. The number of carbonyl (C=O) groups is 2. The predicted molar refractivity (Wildman–Crippen MR) is 98.2 cm³/mol. The third-order valence-corrected chi connectivity index (χ3v) is 3.54. The monoisotopic (exact) mass is 338 g/mol. The highest BCUT2D eigenvalue weighted by atomic mass is 16.5. The van der Waals surface area contributed by atoms with Crippen molar-refractivity contribution in [3.05, 3.63) is 59.6 Å². The van der Waals surface area contributed by atoms with Crippen LogP contribution < -0.4 is 5.32 Å². The maximum absolute atomic E-state index is 11.8. The maximum atomic E-state index is 11.8. The molecule has 0 bridgehead atoms. The number of hydrogen-bond donors (Lipinski definition) is 1. The summed E-state index contributed by atoms with van der Waals surface area (Å²) < 4.78 is 4.90. The van der Waals surface area contributed by atoms with Gasteiger partial charge in [0, 0.05) is 23.3 Å². The standard InChI is InChI=1S/C20H22N2O3/c1-5-25-20(24)19(15(4)23)12-21-18-8-6-7-16(11-18)17-9-13(2)22-14(3)10-17/h6-12,21H,5H2,1-4H3/b19-12-. The zero-order valence-corrected chi connectivity index (χ0v) is 14.9. The Balaban J connectivity index is 2.28. The van der Waals surface area contributed by atoms with E-state index in [0.29, 0.717) is 0 Å². The molecule has 5 nitrogen and oxygen atoms in total. The molecule has 0 unspecified atom stereocenters.